The zero-order valence-corrected chi connectivity index (χ0v) is 23.9. The first kappa shape index (κ1) is 28.1. The molecule has 4 aromatic rings. The molecule has 41 heavy (non-hydrogen) atoms. The SMILES string of the molecule is COC(=O)c1cc(C(=O)NCC(C)C)ccc1-c1cc2c(cc1C(=O)Nc1ccc(CN)cc1)-c1sccc1CO2. The van der Waals surface area contributed by atoms with Gasteiger partial charge < -0.3 is 25.8 Å². The number of thiophene rings is 1. The van der Waals surface area contributed by atoms with Crippen LogP contribution in [0.15, 0.2) is 66.0 Å². The summed E-state index contributed by atoms with van der Waals surface area (Å²) in [6, 6.07) is 17.7. The van der Waals surface area contributed by atoms with E-state index >= 15 is 0 Å². The first-order valence-electron chi connectivity index (χ1n) is 13.3. The van der Waals surface area contributed by atoms with Gasteiger partial charge in [-0.3, -0.25) is 9.59 Å². The number of nitrogens with two attached hydrogens (primary N) is 1. The molecule has 4 N–H and O–H groups in total. The molecule has 1 aromatic heterocycles. The summed E-state index contributed by atoms with van der Waals surface area (Å²) in [4.78, 5) is 40.7. The molecule has 0 fully saturated rings. The first-order valence-corrected chi connectivity index (χ1v) is 14.2. The van der Waals surface area contributed by atoms with Crippen LogP contribution in [0, 0.1) is 5.92 Å². The number of benzene rings is 3. The van der Waals surface area contributed by atoms with Gasteiger partial charge in [-0.05, 0) is 70.5 Å². The Labute approximate surface area is 242 Å². The Balaban J connectivity index is 1.63. The maximum atomic E-state index is 13.8. The van der Waals surface area contributed by atoms with Gasteiger partial charge in [0.2, 0.25) is 0 Å². The quantitative estimate of drug-likeness (QED) is 0.229. The van der Waals surface area contributed by atoms with Crippen molar-refractivity contribution < 1.29 is 23.9 Å². The molecule has 3 aromatic carbocycles. The van der Waals surface area contributed by atoms with E-state index in [0.717, 1.165) is 21.6 Å². The molecule has 1 aliphatic rings. The molecule has 2 heterocycles. The van der Waals surface area contributed by atoms with Crippen LogP contribution in [0.1, 0.15) is 56.0 Å². The predicted molar refractivity (Wildman–Crippen MR) is 160 cm³/mol. The molecular formula is C32H31N3O5S. The van der Waals surface area contributed by atoms with Crippen LogP contribution in [0.25, 0.3) is 21.6 Å². The highest BCUT2D eigenvalue weighted by Gasteiger charge is 2.27. The van der Waals surface area contributed by atoms with Gasteiger partial charge in [0.1, 0.15) is 12.4 Å². The van der Waals surface area contributed by atoms with Gasteiger partial charge in [-0.15, -0.1) is 11.3 Å². The molecule has 1 aliphatic heterocycles. The van der Waals surface area contributed by atoms with Crippen molar-refractivity contribution in [2.45, 2.75) is 27.0 Å². The van der Waals surface area contributed by atoms with E-state index in [2.05, 4.69) is 10.6 Å². The smallest absolute Gasteiger partial charge is 0.338 e. The lowest BCUT2D eigenvalue weighted by Crippen LogP contribution is -2.27. The second-order valence-electron chi connectivity index (χ2n) is 10.2. The predicted octanol–water partition coefficient (Wildman–Crippen LogP) is 5.86. The highest BCUT2D eigenvalue weighted by atomic mass is 32.1. The summed E-state index contributed by atoms with van der Waals surface area (Å²) in [5.41, 5.74) is 10.9. The largest absolute Gasteiger partial charge is 0.488 e. The van der Waals surface area contributed by atoms with Crippen molar-refractivity contribution in [2.24, 2.45) is 11.7 Å². The number of anilines is 1. The van der Waals surface area contributed by atoms with E-state index in [-0.39, 0.29) is 23.3 Å². The zero-order valence-electron chi connectivity index (χ0n) is 23.1. The fraction of sp³-hybridized carbons (Fsp3) is 0.219. The summed E-state index contributed by atoms with van der Waals surface area (Å²) < 4.78 is 11.2. The number of hydrogen-bond donors (Lipinski definition) is 3. The molecule has 0 bridgehead atoms. The van der Waals surface area contributed by atoms with Crippen molar-refractivity contribution in [1.82, 2.24) is 5.32 Å². The average Bonchev–Trinajstić information content (AvgIpc) is 3.48. The topological polar surface area (TPSA) is 120 Å². The van der Waals surface area contributed by atoms with Gasteiger partial charge >= 0.3 is 5.97 Å². The maximum absolute atomic E-state index is 13.8. The van der Waals surface area contributed by atoms with Gasteiger partial charge in [-0.1, -0.05) is 32.0 Å². The Bertz CT molecular complexity index is 1630. The van der Waals surface area contributed by atoms with Crippen molar-refractivity contribution in [1.29, 1.82) is 0 Å². The summed E-state index contributed by atoms with van der Waals surface area (Å²) in [7, 11) is 1.28. The van der Waals surface area contributed by atoms with Gasteiger partial charge in [-0.2, -0.15) is 0 Å². The fourth-order valence-electron chi connectivity index (χ4n) is 4.65. The van der Waals surface area contributed by atoms with Gasteiger partial charge in [0, 0.05) is 45.9 Å². The van der Waals surface area contributed by atoms with Crippen LogP contribution >= 0.6 is 11.3 Å². The summed E-state index contributed by atoms with van der Waals surface area (Å²) in [5.74, 6) is -0.408. The zero-order chi connectivity index (χ0) is 29.1. The number of amides is 2. The molecule has 210 valence electrons. The number of carbonyl (C=O) groups excluding carboxylic acids is 3. The van der Waals surface area contributed by atoms with E-state index in [1.54, 1.807) is 47.7 Å². The molecule has 0 atom stereocenters. The lowest BCUT2D eigenvalue weighted by atomic mass is 9.90. The number of ether oxygens (including phenoxy) is 2. The van der Waals surface area contributed by atoms with Crippen LogP contribution in [0.3, 0.4) is 0 Å². The number of methoxy groups -OCH3 is 1. The lowest BCUT2D eigenvalue weighted by molar-refractivity contribution is 0.0601. The summed E-state index contributed by atoms with van der Waals surface area (Å²) >= 11 is 1.58. The summed E-state index contributed by atoms with van der Waals surface area (Å²) in [6.45, 7) is 5.30. The number of carbonyl (C=O) groups is 3. The second-order valence-corrected chi connectivity index (χ2v) is 11.1. The van der Waals surface area contributed by atoms with Crippen molar-refractivity contribution in [3.05, 3.63) is 93.9 Å². The van der Waals surface area contributed by atoms with Crippen molar-refractivity contribution in [3.8, 4) is 27.3 Å². The Morgan fingerprint density at radius 2 is 1.73 bits per heavy atom. The Morgan fingerprint density at radius 1 is 0.951 bits per heavy atom. The third kappa shape index (κ3) is 5.86. The average molecular weight is 570 g/mol. The van der Waals surface area contributed by atoms with Gasteiger partial charge in [0.25, 0.3) is 11.8 Å². The minimum atomic E-state index is -0.624. The van der Waals surface area contributed by atoms with Gasteiger partial charge in [0.15, 0.2) is 0 Å². The van der Waals surface area contributed by atoms with Crippen molar-refractivity contribution in [2.75, 3.05) is 19.0 Å². The van der Waals surface area contributed by atoms with E-state index < -0.39 is 5.97 Å². The molecule has 0 unspecified atom stereocenters. The second kappa shape index (κ2) is 12.0. The molecule has 2 amide bonds. The molecule has 0 spiro atoms. The molecule has 5 rings (SSSR count). The third-order valence-electron chi connectivity index (χ3n) is 6.83. The van der Waals surface area contributed by atoms with Crippen LogP contribution in [-0.4, -0.2) is 31.4 Å². The normalized spacial score (nSPS) is 11.7. The van der Waals surface area contributed by atoms with Crippen LogP contribution in [0.2, 0.25) is 0 Å². The Morgan fingerprint density at radius 3 is 2.44 bits per heavy atom. The monoisotopic (exact) mass is 569 g/mol. The minimum absolute atomic E-state index is 0.165. The van der Waals surface area contributed by atoms with E-state index in [9.17, 15) is 14.4 Å². The number of hydrogen-bond acceptors (Lipinski definition) is 7. The number of nitrogens with one attached hydrogen (secondary N) is 2. The maximum Gasteiger partial charge on any atom is 0.338 e. The van der Waals surface area contributed by atoms with Crippen LogP contribution in [0.5, 0.6) is 5.75 Å². The fourth-order valence-corrected chi connectivity index (χ4v) is 5.58. The van der Waals surface area contributed by atoms with E-state index in [0.29, 0.717) is 53.4 Å². The molecule has 9 heteroatoms. The van der Waals surface area contributed by atoms with Crippen molar-refractivity contribution >= 4 is 34.8 Å². The number of fused-ring (bicyclic) bond motifs is 3. The third-order valence-corrected chi connectivity index (χ3v) is 7.82. The molecular weight excluding hydrogens is 538 g/mol. The molecule has 0 saturated heterocycles. The van der Waals surface area contributed by atoms with Crippen LogP contribution < -0.4 is 21.1 Å². The summed E-state index contributed by atoms with van der Waals surface area (Å²) in [6.07, 6.45) is 0. The van der Waals surface area contributed by atoms with E-state index in [1.165, 1.54) is 13.2 Å². The minimum Gasteiger partial charge on any atom is -0.488 e. The van der Waals surface area contributed by atoms with Gasteiger partial charge in [0.05, 0.1) is 12.7 Å². The molecule has 0 saturated carbocycles. The Hall–Kier alpha value is -4.47. The van der Waals surface area contributed by atoms with Crippen LogP contribution in [-0.2, 0) is 17.9 Å². The standard InChI is InChI=1S/C32H31N3O5S/c1-18(2)16-34-30(36)20-6-9-23(26(12-20)32(38)39-3)24-14-28-27(29-21(17-40-28)10-11-41-29)13-25(24)31(37)35-22-7-4-19(15-33)5-8-22/h4-14,18H,15-17,33H2,1-3H3,(H,34,36)(H,35,37). The first-order chi connectivity index (χ1) is 19.8. The number of rotatable bonds is 8. The molecule has 0 radical (unpaired) electrons. The summed E-state index contributed by atoms with van der Waals surface area (Å²) in [5, 5.41) is 7.83. The molecule has 8 nitrogen and oxygen atoms in total. The van der Waals surface area contributed by atoms with Gasteiger partial charge in [-0.25, -0.2) is 4.79 Å². The number of esters is 1. The lowest BCUT2D eigenvalue weighted by Gasteiger charge is -2.22. The van der Waals surface area contributed by atoms with Crippen molar-refractivity contribution in [3.63, 3.8) is 0 Å². The van der Waals surface area contributed by atoms with E-state index in [4.69, 9.17) is 15.2 Å². The van der Waals surface area contributed by atoms with Crippen LogP contribution in [0.4, 0.5) is 5.69 Å². The highest BCUT2D eigenvalue weighted by molar-refractivity contribution is 7.13. The highest BCUT2D eigenvalue weighted by Crippen LogP contribution is 2.45. The Kier molecular flexibility index (Phi) is 8.19. The molecule has 0 aliphatic carbocycles. The van der Waals surface area contributed by atoms with E-state index in [1.807, 2.05) is 37.4 Å².